The Labute approximate surface area is 171 Å². The van der Waals surface area contributed by atoms with Gasteiger partial charge in [-0.25, -0.2) is 8.42 Å². The largest absolute Gasteiger partial charge is 0.456 e. The molecule has 2 aromatic rings. The Morgan fingerprint density at radius 3 is 2.59 bits per heavy atom. The maximum absolute atomic E-state index is 12.3. The number of carbonyl (C=O) groups is 2. The monoisotopic (exact) mass is 415 g/mol. The lowest BCUT2D eigenvalue weighted by atomic mass is 9.88. The van der Waals surface area contributed by atoms with E-state index in [0.717, 1.165) is 30.4 Å². The molecule has 0 saturated carbocycles. The Hall–Kier alpha value is -2.67. The second kappa shape index (κ2) is 9.22. The van der Waals surface area contributed by atoms with Crippen LogP contribution >= 0.6 is 0 Å². The molecule has 0 bridgehead atoms. The van der Waals surface area contributed by atoms with Crippen molar-refractivity contribution in [2.75, 3.05) is 12.4 Å². The first kappa shape index (κ1) is 21.0. The molecule has 7 heteroatoms. The molecule has 154 valence electrons. The van der Waals surface area contributed by atoms with Crippen LogP contribution in [-0.4, -0.2) is 32.7 Å². The van der Waals surface area contributed by atoms with Crippen LogP contribution in [0.1, 0.15) is 42.0 Å². The molecule has 0 fully saturated rings. The predicted molar refractivity (Wildman–Crippen MR) is 109 cm³/mol. The summed E-state index contributed by atoms with van der Waals surface area (Å²) in [4.78, 5) is 24.2. The van der Waals surface area contributed by atoms with E-state index in [9.17, 15) is 18.0 Å². The minimum atomic E-state index is -3.57. The number of amides is 1. The summed E-state index contributed by atoms with van der Waals surface area (Å²) < 4.78 is 29.5. The number of sulfone groups is 1. The zero-order chi connectivity index (χ0) is 20.9. The van der Waals surface area contributed by atoms with E-state index in [-0.39, 0.29) is 29.0 Å². The van der Waals surface area contributed by atoms with Gasteiger partial charge < -0.3 is 10.1 Å². The number of benzene rings is 2. The summed E-state index contributed by atoms with van der Waals surface area (Å²) in [6.07, 6.45) is 2.52. The minimum absolute atomic E-state index is 0.0898. The van der Waals surface area contributed by atoms with Gasteiger partial charge in [0.2, 0.25) is 0 Å². The highest BCUT2D eigenvalue weighted by Gasteiger charge is 2.22. The van der Waals surface area contributed by atoms with E-state index < -0.39 is 22.4 Å². The summed E-state index contributed by atoms with van der Waals surface area (Å²) in [7, 11) is -3.57. The van der Waals surface area contributed by atoms with Crippen molar-refractivity contribution in [2.45, 2.75) is 43.5 Å². The molecule has 1 atom stereocenters. The normalized spacial score (nSPS) is 16.0. The van der Waals surface area contributed by atoms with E-state index in [4.69, 9.17) is 4.74 Å². The van der Waals surface area contributed by atoms with Crippen LogP contribution in [0.4, 0.5) is 0 Å². The van der Waals surface area contributed by atoms with Gasteiger partial charge in [-0.1, -0.05) is 42.0 Å². The molecule has 3 rings (SSSR count). The fourth-order valence-corrected chi connectivity index (χ4v) is 4.66. The molecule has 29 heavy (non-hydrogen) atoms. The maximum Gasteiger partial charge on any atom is 0.307 e. The second-order valence-corrected chi connectivity index (χ2v) is 9.36. The molecule has 1 N–H and O–H groups in total. The van der Waals surface area contributed by atoms with Crippen molar-refractivity contribution in [3.05, 3.63) is 65.2 Å². The Morgan fingerprint density at radius 1 is 1.10 bits per heavy atom. The number of rotatable bonds is 7. The van der Waals surface area contributed by atoms with Crippen LogP contribution in [0.25, 0.3) is 0 Å². The third-order valence-corrected chi connectivity index (χ3v) is 6.76. The van der Waals surface area contributed by atoms with Crippen LogP contribution in [0.3, 0.4) is 0 Å². The molecule has 0 radical (unpaired) electrons. The Morgan fingerprint density at radius 2 is 1.83 bits per heavy atom. The number of hydrogen-bond donors (Lipinski definition) is 1. The van der Waals surface area contributed by atoms with Crippen LogP contribution in [0.15, 0.2) is 53.4 Å². The van der Waals surface area contributed by atoms with Gasteiger partial charge >= 0.3 is 5.97 Å². The molecular formula is C22H25NO5S. The standard InChI is InChI=1S/C22H25NO5S/c1-16-9-11-18(12-10-16)29(26,27)14-13-22(25)28-15-21(24)23-20-8-4-6-17-5-2-3-7-19(17)20/h2-3,5,7,9-12,20H,4,6,8,13-15H2,1H3,(H,23,24). The third-order valence-electron chi connectivity index (χ3n) is 5.02. The van der Waals surface area contributed by atoms with Crippen LogP contribution in [0, 0.1) is 6.92 Å². The number of fused-ring (bicyclic) bond motifs is 1. The lowest BCUT2D eigenvalue weighted by Gasteiger charge is -2.26. The topological polar surface area (TPSA) is 89.5 Å². The van der Waals surface area contributed by atoms with Gasteiger partial charge in [-0.05, 0) is 49.4 Å². The highest BCUT2D eigenvalue weighted by atomic mass is 32.2. The first-order valence-corrected chi connectivity index (χ1v) is 11.3. The molecule has 6 nitrogen and oxygen atoms in total. The number of carbonyl (C=O) groups excluding carboxylic acids is 2. The van der Waals surface area contributed by atoms with Gasteiger partial charge in [-0.3, -0.25) is 9.59 Å². The van der Waals surface area contributed by atoms with Gasteiger partial charge in [0.05, 0.1) is 23.1 Å². The van der Waals surface area contributed by atoms with Crippen LogP contribution < -0.4 is 5.32 Å². The molecule has 2 aromatic carbocycles. The predicted octanol–water partition coefficient (Wildman–Crippen LogP) is 2.90. The molecule has 0 spiro atoms. The Bertz CT molecular complexity index is 983. The molecule has 1 aliphatic rings. The summed E-state index contributed by atoms with van der Waals surface area (Å²) >= 11 is 0. The number of ether oxygens (including phenoxy) is 1. The molecule has 1 unspecified atom stereocenters. The quantitative estimate of drug-likeness (QED) is 0.703. The summed E-state index contributed by atoms with van der Waals surface area (Å²) in [6.45, 7) is 1.45. The fourth-order valence-electron chi connectivity index (χ4n) is 3.44. The van der Waals surface area contributed by atoms with Crippen LogP contribution in [-0.2, 0) is 30.6 Å². The van der Waals surface area contributed by atoms with Gasteiger partial charge in [0, 0.05) is 0 Å². The first-order valence-electron chi connectivity index (χ1n) is 9.67. The van der Waals surface area contributed by atoms with Crippen molar-refractivity contribution in [1.29, 1.82) is 0 Å². The Kier molecular flexibility index (Phi) is 6.69. The van der Waals surface area contributed by atoms with Crippen LogP contribution in [0.2, 0.25) is 0 Å². The van der Waals surface area contributed by atoms with E-state index in [0.29, 0.717) is 0 Å². The van der Waals surface area contributed by atoms with E-state index in [1.165, 1.54) is 17.7 Å². The van der Waals surface area contributed by atoms with Crippen molar-refractivity contribution >= 4 is 21.7 Å². The van der Waals surface area contributed by atoms with E-state index in [1.807, 2.05) is 25.1 Å². The fraction of sp³-hybridized carbons (Fsp3) is 0.364. The summed E-state index contributed by atoms with van der Waals surface area (Å²) in [5.74, 6) is -1.45. The molecule has 0 saturated heterocycles. The number of aryl methyl sites for hydroxylation is 2. The second-order valence-electron chi connectivity index (χ2n) is 7.25. The number of esters is 1. The molecule has 0 aliphatic heterocycles. The van der Waals surface area contributed by atoms with E-state index in [1.54, 1.807) is 12.1 Å². The van der Waals surface area contributed by atoms with Gasteiger partial charge in [0.1, 0.15) is 0 Å². The SMILES string of the molecule is Cc1ccc(S(=O)(=O)CCC(=O)OCC(=O)NC2CCCc3ccccc32)cc1. The molecule has 0 aromatic heterocycles. The van der Waals surface area contributed by atoms with Crippen molar-refractivity contribution in [3.8, 4) is 0 Å². The minimum Gasteiger partial charge on any atom is -0.456 e. The van der Waals surface area contributed by atoms with Crippen molar-refractivity contribution in [2.24, 2.45) is 0 Å². The van der Waals surface area contributed by atoms with Crippen molar-refractivity contribution in [3.63, 3.8) is 0 Å². The first-order chi connectivity index (χ1) is 13.8. The van der Waals surface area contributed by atoms with Gasteiger partial charge in [0.15, 0.2) is 16.4 Å². The number of hydrogen-bond acceptors (Lipinski definition) is 5. The highest BCUT2D eigenvalue weighted by molar-refractivity contribution is 7.91. The van der Waals surface area contributed by atoms with Gasteiger partial charge in [-0.15, -0.1) is 0 Å². The average Bonchev–Trinajstić information content (AvgIpc) is 2.71. The van der Waals surface area contributed by atoms with Crippen molar-refractivity contribution in [1.82, 2.24) is 5.32 Å². The third kappa shape index (κ3) is 5.67. The van der Waals surface area contributed by atoms with E-state index >= 15 is 0 Å². The van der Waals surface area contributed by atoms with E-state index in [2.05, 4.69) is 11.4 Å². The molecule has 1 aliphatic carbocycles. The molecular weight excluding hydrogens is 390 g/mol. The lowest BCUT2D eigenvalue weighted by Crippen LogP contribution is -2.34. The smallest absolute Gasteiger partial charge is 0.307 e. The number of nitrogens with one attached hydrogen (secondary N) is 1. The van der Waals surface area contributed by atoms with Crippen molar-refractivity contribution < 1.29 is 22.7 Å². The summed E-state index contributed by atoms with van der Waals surface area (Å²) in [6, 6.07) is 14.3. The lowest BCUT2D eigenvalue weighted by molar-refractivity contribution is -0.148. The van der Waals surface area contributed by atoms with Gasteiger partial charge in [-0.2, -0.15) is 0 Å². The maximum atomic E-state index is 12.3. The Balaban J connectivity index is 1.46. The summed E-state index contributed by atoms with van der Waals surface area (Å²) in [5, 5.41) is 2.90. The average molecular weight is 416 g/mol. The highest BCUT2D eigenvalue weighted by Crippen LogP contribution is 2.29. The molecule has 1 amide bonds. The zero-order valence-corrected chi connectivity index (χ0v) is 17.2. The molecule has 0 heterocycles. The zero-order valence-electron chi connectivity index (χ0n) is 16.4. The summed E-state index contributed by atoms with van der Waals surface area (Å²) in [5.41, 5.74) is 3.28. The van der Waals surface area contributed by atoms with Gasteiger partial charge in [0.25, 0.3) is 5.91 Å². The van der Waals surface area contributed by atoms with Crippen LogP contribution in [0.5, 0.6) is 0 Å².